The van der Waals surface area contributed by atoms with Gasteiger partial charge < -0.3 is 20.0 Å². The molecule has 3 aromatic rings. The molecule has 0 aliphatic carbocycles. The molecule has 4 rings (SSSR count). The summed E-state index contributed by atoms with van der Waals surface area (Å²) in [5.74, 6) is -0.591. The topological polar surface area (TPSA) is 120 Å². The van der Waals surface area contributed by atoms with E-state index in [-0.39, 0.29) is 23.6 Å². The second-order valence-corrected chi connectivity index (χ2v) is 12.0. The highest BCUT2D eigenvalue weighted by Crippen LogP contribution is 2.38. The molecule has 0 saturated carbocycles. The minimum atomic E-state index is -4.19. The number of carbonyl (C=O) groups excluding carboxylic acids is 2. The Kier molecular flexibility index (Phi) is 8.80. The molecule has 2 heterocycles. The van der Waals surface area contributed by atoms with Gasteiger partial charge in [0.2, 0.25) is 11.8 Å². The Morgan fingerprint density at radius 2 is 1.86 bits per heavy atom. The molecule has 0 bridgehead atoms. The van der Waals surface area contributed by atoms with Crippen molar-refractivity contribution in [3.8, 4) is 0 Å². The normalized spacial score (nSPS) is 17.1. The van der Waals surface area contributed by atoms with Crippen LogP contribution in [0.1, 0.15) is 36.6 Å². The van der Waals surface area contributed by atoms with Crippen molar-refractivity contribution in [2.24, 2.45) is 0 Å². The van der Waals surface area contributed by atoms with Crippen molar-refractivity contribution in [2.45, 2.75) is 37.8 Å². The quantitative estimate of drug-likeness (QED) is 0.361. The number of aromatic nitrogens is 1. The Balaban J connectivity index is 1.49. The number of nitrogens with one attached hydrogen (secondary N) is 1. The van der Waals surface area contributed by atoms with E-state index < -0.39 is 19.1 Å². The van der Waals surface area contributed by atoms with Crippen molar-refractivity contribution in [2.75, 3.05) is 17.8 Å². The van der Waals surface area contributed by atoms with E-state index in [0.29, 0.717) is 19.4 Å². The summed E-state index contributed by atoms with van der Waals surface area (Å²) in [6.45, 7) is 0.451. The molecular formula is C26H30N3O5PS. The molecule has 1 fully saturated rings. The predicted molar refractivity (Wildman–Crippen MR) is 141 cm³/mol. The summed E-state index contributed by atoms with van der Waals surface area (Å²) < 4.78 is 11.1. The van der Waals surface area contributed by atoms with Crippen LogP contribution in [0.4, 0.5) is 0 Å². The highest BCUT2D eigenvalue weighted by Gasteiger charge is 2.33. The minimum Gasteiger partial charge on any atom is -0.346 e. The Morgan fingerprint density at radius 1 is 1.08 bits per heavy atom. The van der Waals surface area contributed by atoms with Crippen molar-refractivity contribution in [1.82, 2.24) is 15.2 Å². The fourth-order valence-electron chi connectivity index (χ4n) is 4.52. The number of amides is 2. The van der Waals surface area contributed by atoms with Crippen LogP contribution in [0.3, 0.4) is 0 Å². The third kappa shape index (κ3) is 7.17. The number of thioether (sulfide) groups is 1. The van der Waals surface area contributed by atoms with E-state index >= 15 is 0 Å². The Morgan fingerprint density at radius 3 is 2.61 bits per heavy atom. The van der Waals surface area contributed by atoms with Gasteiger partial charge in [-0.15, -0.1) is 11.8 Å². The number of hydrogen-bond donors (Lipinski definition) is 3. The lowest BCUT2D eigenvalue weighted by Gasteiger charge is -2.35. The lowest BCUT2D eigenvalue weighted by atomic mass is 9.97. The molecule has 36 heavy (non-hydrogen) atoms. The summed E-state index contributed by atoms with van der Waals surface area (Å²) in [7, 11) is -4.19. The van der Waals surface area contributed by atoms with Crippen molar-refractivity contribution < 1.29 is 23.9 Å². The summed E-state index contributed by atoms with van der Waals surface area (Å²) in [4.78, 5) is 50.5. The first-order valence-corrected chi connectivity index (χ1v) is 14.9. The average molecular weight is 528 g/mol. The molecule has 10 heteroatoms. The minimum absolute atomic E-state index is 0.0738. The van der Waals surface area contributed by atoms with Crippen LogP contribution < -0.4 is 5.32 Å². The van der Waals surface area contributed by atoms with E-state index in [9.17, 15) is 14.2 Å². The molecule has 0 radical (unpaired) electrons. The molecule has 1 saturated heterocycles. The first-order valence-electron chi connectivity index (χ1n) is 11.9. The van der Waals surface area contributed by atoms with Gasteiger partial charge in [-0.2, -0.15) is 0 Å². The van der Waals surface area contributed by atoms with Crippen LogP contribution in [0.15, 0.2) is 66.9 Å². The van der Waals surface area contributed by atoms with Gasteiger partial charge in [0.1, 0.15) is 6.04 Å². The van der Waals surface area contributed by atoms with Crippen molar-refractivity contribution in [3.05, 3.63) is 78.1 Å². The summed E-state index contributed by atoms with van der Waals surface area (Å²) in [6.07, 6.45) is 4.41. The van der Waals surface area contributed by atoms with Crippen molar-refractivity contribution in [3.63, 3.8) is 0 Å². The maximum Gasteiger partial charge on any atom is 0.335 e. The molecule has 1 aliphatic rings. The first-order chi connectivity index (χ1) is 17.3. The molecule has 0 spiro atoms. The number of fused-ring (bicyclic) bond motifs is 1. The molecule has 3 N–H and O–H groups in total. The molecule has 1 aliphatic heterocycles. The highest BCUT2D eigenvalue weighted by molar-refractivity contribution is 8.04. The number of hydrogen-bond acceptors (Lipinski definition) is 5. The lowest BCUT2D eigenvalue weighted by Crippen LogP contribution is -2.53. The predicted octanol–water partition coefficient (Wildman–Crippen LogP) is 3.88. The van der Waals surface area contributed by atoms with Gasteiger partial charge in [0.05, 0.1) is 23.0 Å². The van der Waals surface area contributed by atoms with E-state index in [1.165, 1.54) is 0 Å². The fraction of sp³-hybridized carbons (Fsp3) is 0.346. The van der Waals surface area contributed by atoms with E-state index in [1.54, 1.807) is 11.1 Å². The molecule has 2 amide bonds. The van der Waals surface area contributed by atoms with Crippen molar-refractivity contribution in [1.29, 1.82) is 0 Å². The van der Waals surface area contributed by atoms with Gasteiger partial charge in [0.25, 0.3) is 0 Å². The van der Waals surface area contributed by atoms with Gasteiger partial charge in [-0.1, -0.05) is 48.5 Å². The van der Waals surface area contributed by atoms with Crippen LogP contribution in [0.2, 0.25) is 0 Å². The monoisotopic (exact) mass is 527 g/mol. The van der Waals surface area contributed by atoms with Gasteiger partial charge in [-0.25, -0.2) is 0 Å². The third-order valence-corrected chi connectivity index (χ3v) is 8.75. The van der Waals surface area contributed by atoms with Crippen LogP contribution in [0.5, 0.6) is 0 Å². The molecule has 1 aromatic heterocycles. The smallest absolute Gasteiger partial charge is 0.335 e. The van der Waals surface area contributed by atoms with Gasteiger partial charge in [0, 0.05) is 12.7 Å². The van der Waals surface area contributed by atoms with Crippen molar-refractivity contribution >= 4 is 41.9 Å². The van der Waals surface area contributed by atoms with Crippen LogP contribution in [-0.2, 0) is 20.6 Å². The average Bonchev–Trinajstić information content (AvgIpc) is 2.88. The van der Waals surface area contributed by atoms with Crippen LogP contribution in [-0.4, -0.2) is 55.3 Å². The molecule has 8 nitrogen and oxygen atoms in total. The third-order valence-electron chi connectivity index (χ3n) is 6.23. The number of benzene rings is 2. The largest absolute Gasteiger partial charge is 0.346 e. The SMILES string of the molecule is O=C(NC(Cc1ccc2ccccc2c1)c1ccccn1)[C@@H]1CCCCN1C(=O)CSCP(=O)(O)O. The zero-order valence-corrected chi connectivity index (χ0v) is 21.5. The molecular weight excluding hydrogens is 497 g/mol. The standard InChI is InChI=1S/C26H30N3O5PS/c30-25(17-36-18-35(32,33)34)29-14-6-4-10-24(29)26(31)28-23(22-9-3-5-13-27-22)16-19-11-12-20-7-1-2-8-21(20)15-19/h1-3,5,7-9,11-13,15,23-24H,4,6,10,14,16-18H2,(H,28,31)(H2,32,33,34)/t23?,24-/m0/s1. The molecule has 2 aromatic carbocycles. The number of piperidine rings is 1. The van der Waals surface area contributed by atoms with Crippen LogP contribution in [0.25, 0.3) is 10.8 Å². The number of rotatable bonds is 9. The maximum absolute atomic E-state index is 13.5. The molecule has 190 valence electrons. The van der Waals surface area contributed by atoms with Gasteiger partial charge in [-0.3, -0.25) is 19.1 Å². The Labute approximate surface area is 214 Å². The first kappa shape index (κ1) is 26.4. The summed E-state index contributed by atoms with van der Waals surface area (Å²) in [6, 6.07) is 19.0. The highest BCUT2D eigenvalue weighted by atomic mass is 32.2. The Bertz CT molecular complexity index is 1250. The van der Waals surface area contributed by atoms with E-state index in [0.717, 1.165) is 46.6 Å². The number of likely N-dealkylation sites (tertiary alicyclic amines) is 1. The van der Waals surface area contributed by atoms with Gasteiger partial charge in [-0.05, 0) is 54.2 Å². The maximum atomic E-state index is 13.5. The fourth-order valence-corrected chi connectivity index (χ4v) is 6.18. The summed E-state index contributed by atoms with van der Waals surface area (Å²) in [5.41, 5.74) is 1.39. The van der Waals surface area contributed by atoms with Crippen LogP contribution >= 0.6 is 19.4 Å². The van der Waals surface area contributed by atoms with Gasteiger partial charge in [0.15, 0.2) is 0 Å². The van der Waals surface area contributed by atoms with E-state index in [4.69, 9.17) is 9.79 Å². The zero-order chi connectivity index (χ0) is 25.5. The van der Waals surface area contributed by atoms with Crippen LogP contribution in [0, 0.1) is 0 Å². The second kappa shape index (κ2) is 12.0. The van der Waals surface area contributed by atoms with E-state index in [2.05, 4.69) is 40.6 Å². The zero-order valence-electron chi connectivity index (χ0n) is 19.8. The summed E-state index contributed by atoms with van der Waals surface area (Å²) >= 11 is 0.893. The number of carbonyl (C=O) groups is 2. The summed E-state index contributed by atoms with van der Waals surface area (Å²) in [5, 5.41) is 5.41. The number of nitrogens with zero attached hydrogens (tertiary/aromatic N) is 2. The lowest BCUT2D eigenvalue weighted by molar-refractivity contribution is -0.140. The second-order valence-electron chi connectivity index (χ2n) is 8.94. The molecule has 2 atom stereocenters. The molecule has 1 unspecified atom stereocenters. The van der Waals surface area contributed by atoms with Gasteiger partial charge >= 0.3 is 7.60 Å². The van der Waals surface area contributed by atoms with E-state index in [1.807, 2.05) is 30.3 Å². The number of pyridine rings is 1. The Hall–Kier alpha value is -2.71.